The highest BCUT2D eigenvalue weighted by molar-refractivity contribution is 5.78. The Morgan fingerprint density at radius 3 is 2.65 bits per heavy atom. The van der Waals surface area contributed by atoms with Crippen molar-refractivity contribution in [2.24, 2.45) is 0 Å². The standard InChI is InChI=1S/C13H23N3O/c1-4-7-15(8-5-2)13(17)11-16-9-6-14-10-12(16)3/h4-5,12,14H,1-2,6-11H2,3H3/t12-/m1/s1. The van der Waals surface area contributed by atoms with E-state index in [-0.39, 0.29) is 5.91 Å². The number of rotatable bonds is 6. The molecule has 0 bridgehead atoms. The maximum absolute atomic E-state index is 12.1. The number of hydrogen-bond acceptors (Lipinski definition) is 3. The Kier molecular flexibility index (Phi) is 5.94. The van der Waals surface area contributed by atoms with Crippen LogP contribution in [0.4, 0.5) is 0 Å². The molecule has 0 aliphatic carbocycles. The van der Waals surface area contributed by atoms with E-state index in [1.807, 2.05) is 0 Å². The third kappa shape index (κ3) is 4.32. The van der Waals surface area contributed by atoms with Crippen molar-refractivity contribution < 1.29 is 4.79 Å². The number of carbonyl (C=O) groups is 1. The van der Waals surface area contributed by atoms with E-state index in [1.54, 1.807) is 17.1 Å². The van der Waals surface area contributed by atoms with Crippen LogP contribution in [0.5, 0.6) is 0 Å². The summed E-state index contributed by atoms with van der Waals surface area (Å²) in [5.74, 6) is 0.151. The van der Waals surface area contributed by atoms with Crippen LogP contribution in [0.1, 0.15) is 6.92 Å². The van der Waals surface area contributed by atoms with Crippen LogP contribution in [0.2, 0.25) is 0 Å². The van der Waals surface area contributed by atoms with Crippen molar-refractivity contribution in [2.45, 2.75) is 13.0 Å². The molecule has 1 heterocycles. The van der Waals surface area contributed by atoms with Gasteiger partial charge in [-0.05, 0) is 6.92 Å². The molecule has 0 saturated carbocycles. The van der Waals surface area contributed by atoms with Crippen LogP contribution in [-0.2, 0) is 4.79 Å². The molecular weight excluding hydrogens is 214 g/mol. The zero-order valence-electron chi connectivity index (χ0n) is 10.7. The topological polar surface area (TPSA) is 35.6 Å². The Bertz CT molecular complexity index is 268. The van der Waals surface area contributed by atoms with Crippen molar-refractivity contribution in [1.29, 1.82) is 0 Å². The molecule has 1 atom stereocenters. The normalized spacial score (nSPS) is 20.9. The highest BCUT2D eigenvalue weighted by Gasteiger charge is 2.22. The van der Waals surface area contributed by atoms with E-state index in [4.69, 9.17) is 0 Å². The molecule has 4 nitrogen and oxygen atoms in total. The maximum atomic E-state index is 12.1. The Labute approximate surface area is 104 Å². The van der Waals surface area contributed by atoms with Crippen molar-refractivity contribution in [3.05, 3.63) is 25.3 Å². The van der Waals surface area contributed by atoms with Crippen LogP contribution < -0.4 is 5.32 Å². The van der Waals surface area contributed by atoms with E-state index in [9.17, 15) is 4.79 Å². The minimum absolute atomic E-state index is 0.151. The molecule has 4 heteroatoms. The molecule has 17 heavy (non-hydrogen) atoms. The van der Waals surface area contributed by atoms with Gasteiger partial charge in [-0.1, -0.05) is 12.2 Å². The van der Waals surface area contributed by atoms with E-state index in [2.05, 4.69) is 30.3 Å². The van der Waals surface area contributed by atoms with Gasteiger partial charge in [-0.15, -0.1) is 13.2 Å². The molecule has 0 spiro atoms. The van der Waals surface area contributed by atoms with Gasteiger partial charge in [0.2, 0.25) is 5.91 Å². The molecular formula is C13H23N3O. The quantitative estimate of drug-likeness (QED) is 0.683. The number of piperazine rings is 1. The molecule has 1 aliphatic rings. The highest BCUT2D eigenvalue weighted by Crippen LogP contribution is 2.03. The van der Waals surface area contributed by atoms with E-state index in [1.165, 1.54) is 0 Å². The fourth-order valence-corrected chi connectivity index (χ4v) is 1.98. The average molecular weight is 237 g/mol. The van der Waals surface area contributed by atoms with Crippen molar-refractivity contribution in [3.63, 3.8) is 0 Å². The van der Waals surface area contributed by atoms with Crippen LogP contribution in [0.25, 0.3) is 0 Å². The summed E-state index contributed by atoms with van der Waals surface area (Å²) >= 11 is 0. The molecule has 1 fully saturated rings. The Balaban J connectivity index is 2.49. The van der Waals surface area contributed by atoms with Gasteiger partial charge in [-0.25, -0.2) is 0 Å². The second-order valence-electron chi connectivity index (χ2n) is 4.40. The Morgan fingerprint density at radius 2 is 2.12 bits per heavy atom. The van der Waals surface area contributed by atoms with Crippen molar-refractivity contribution in [1.82, 2.24) is 15.1 Å². The summed E-state index contributed by atoms with van der Waals surface area (Å²) in [4.78, 5) is 16.1. The molecule has 1 aliphatic heterocycles. The number of hydrogen-bond donors (Lipinski definition) is 1. The van der Waals surface area contributed by atoms with Gasteiger partial charge in [-0.3, -0.25) is 9.69 Å². The summed E-state index contributed by atoms with van der Waals surface area (Å²) in [6.07, 6.45) is 3.51. The molecule has 0 radical (unpaired) electrons. The number of nitrogens with zero attached hydrogens (tertiary/aromatic N) is 2. The number of amides is 1. The van der Waals surface area contributed by atoms with Crippen LogP contribution in [0.15, 0.2) is 25.3 Å². The molecule has 0 aromatic heterocycles. The molecule has 96 valence electrons. The van der Waals surface area contributed by atoms with Crippen LogP contribution in [0.3, 0.4) is 0 Å². The number of nitrogens with one attached hydrogen (secondary N) is 1. The zero-order valence-corrected chi connectivity index (χ0v) is 10.7. The summed E-state index contributed by atoms with van der Waals surface area (Å²) < 4.78 is 0. The first-order valence-electron chi connectivity index (χ1n) is 6.13. The summed E-state index contributed by atoms with van der Waals surface area (Å²) in [6.45, 7) is 14.0. The third-order valence-corrected chi connectivity index (χ3v) is 3.03. The minimum atomic E-state index is 0.151. The van der Waals surface area contributed by atoms with Gasteiger partial charge in [-0.2, -0.15) is 0 Å². The van der Waals surface area contributed by atoms with Crippen LogP contribution in [-0.4, -0.2) is 61.0 Å². The van der Waals surface area contributed by atoms with Crippen LogP contribution >= 0.6 is 0 Å². The summed E-state index contributed by atoms with van der Waals surface area (Å²) in [6, 6.07) is 0.419. The van der Waals surface area contributed by atoms with Gasteiger partial charge in [0, 0.05) is 38.8 Å². The molecule has 1 saturated heterocycles. The molecule has 1 N–H and O–H groups in total. The predicted molar refractivity (Wildman–Crippen MR) is 70.9 cm³/mol. The van der Waals surface area contributed by atoms with Gasteiger partial charge < -0.3 is 10.2 Å². The first-order valence-corrected chi connectivity index (χ1v) is 6.13. The zero-order chi connectivity index (χ0) is 12.7. The lowest BCUT2D eigenvalue weighted by Gasteiger charge is -2.34. The Hall–Kier alpha value is -1.13. The second kappa shape index (κ2) is 7.25. The van der Waals surface area contributed by atoms with E-state index < -0.39 is 0 Å². The molecule has 0 unspecified atom stereocenters. The summed E-state index contributed by atoms with van der Waals surface area (Å²) in [5, 5.41) is 3.32. The largest absolute Gasteiger partial charge is 0.334 e. The second-order valence-corrected chi connectivity index (χ2v) is 4.40. The third-order valence-electron chi connectivity index (χ3n) is 3.03. The van der Waals surface area contributed by atoms with Crippen molar-refractivity contribution in [2.75, 3.05) is 39.3 Å². The van der Waals surface area contributed by atoms with Gasteiger partial charge in [0.1, 0.15) is 0 Å². The first kappa shape index (κ1) is 13.9. The van der Waals surface area contributed by atoms with E-state index in [0.717, 1.165) is 19.6 Å². The fraction of sp³-hybridized carbons (Fsp3) is 0.615. The van der Waals surface area contributed by atoms with Gasteiger partial charge >= 0.3 is 0 Å². The van der Waals surface area contributed by atoms with Crippen LogP contribution in [0, 0.1) is 0 Å². The average Bonchev–Trinajstić information content (AvgIpc) is 2.32. The molecule has 1 amide bonds. The fourth-order valence-electron chi connectivity index (χ4n) is 1.98. The molecule has 0 aromatic carbocycles. The van der Waals surface area contributed by atoms with Gasteiger partial charge in [0.05, 0.1) is 6.54 Å². The number of carbonyl (C=O) groups excluding carboxylic acids is 1. The highest BCUT2D eigenvalue weighted by atomic mass is 16.2. The molecule has 1 rings (SSSR count). The SMILES string of the molecule is C=CCN(CC=C)C(=O)CN1CCNC[C@H]1C. The lowest BCUT2D eigenvalue weighted by molar-refractivity contribution is -0.132. The lowest BCUT2D eigenvalue weighted by atomic mass is 10.2. The monoisotopic (exact) mass is 237 g/mol. The lowest BCUT2D eigenvalue weighted by Crippen LogP contribution is -2.53. The van der Waals surface area contributed by atoms with Gasteiger partial charge in [0.25, 0.3) is 0 Å². The maximum Gasteiger partial charge on any atom is 0.237 e. The summed E-state index contributed by atoms with van der Waals surface area (Å²) in [5.41, 5.74) is 0. The predicted octanol–water partition coefficient (Wildman–Crippen LogP) is 0.481. The van der Waals surface area contributed by atoms with E-state index >= 15 is 0 Å². The smallest absolute Gasteiger partial charge is 0.237 e. The molecule has 0 aromatic rings. The summed E-state index contributed by atoms with van der Waals surface area (Å²) in [7, 11) is 0. The Morgan fingerprint density at radius 1 is 1.47 bits per heavy atom. The minimum Gasteiger partial charge on any atom is -0.334 e. The van der Waals surface area contributed by atoms with Gasteiger partial charge in [0.15, 0.2) is 0 Å². The van der Waals surface area contributed by atoms with E-state index in [0.29, 0.717) is 25.7 Å². The van der Waals surface area contributed by atoms with Crippen molar-refractivity contribution in [3.8, 4) is 0 Å². The first-order chi connectivity index (χ1) is 8.19. The van der Waals surface area contributed by atoms with Crippen molar-refractivity contribution >= 4 is 5.91 Å².